The molecule has 0 radical (unpaired) electrons. The van der Waals surface area contributed by atoms with E-state index in [1.54, 1.807) is 19.5 Å². The van der Waals surface area contributed by atoms with Crippen LogP contribution in [0.3, 0.4) is 0 Å². The van der Waals surface area contributed by atoms with Crippen LogP contribution in [0.4, 0.5) is 11.6 Å². The molecule has 2 aromatic rings. The molecular weight excluding hydrogens is 270 g/mol. The molecule has 3 N–H and O–H groups in total. The molecule has 0 aliphatic heterocycles. The highest BCUT2D eigenvalue weighted by atomic mass is 16.5. The predicted molar refractivity (Wildman–Crippen MR) is 77.9 cm³/mol. The van der Waals surface area contributed by atoms with Crippen molar-refractivity contribution in [3.05, 3.63) is 23.7 Å². The lowest BCUT2D eigenvalue weighted by Crippen LogP contribution is -2.20. The molecule has 0 aliphatic rings. The number of nitrogens with two attached hydrogens (primary N) is 1. The summed E-state index contributed by atoms with van der Waals surface area (Å²) in [6.07, 6.45) is 4.75. The second kappa shape index (κ2) is 6.56. The Morgan fingerprint density at radius 2 is 2.29 bits per heavy atom. The zero-order chi connectivity index (χ0) is 15.2. The average molecular weight is 287 g/mol. The van der Waals surface area contributed by atoms with E-state index in [0.717, 1.165) is 24.5 Å². The lowest BCUT2D eigenvalue weighted by molar-refractivity contribution is 0.395. The fraction of sp³-hybridized carbons (Fsp3) is 0.385. The van der Waals surface area contributed by atoms with Crippen LogP contribution < -0.4 is 15.4 Å². The van der Waals surface area contributed by atoms with Gasteiger partial charge in [-0.05, 0) is 12.8 Å². The second-order valence-electron chi connectivity index (χ2n) is 4.52. The number of aryl methyl sites for hydroxylation is 1. The van der Waals surface area contributed by atoms with E-state index in [0.29, 0.717) is 17.9 Å². The van der Waals surface area contributed by atoms with Gasteiger partial charge in [0.15, 0.2) is 11.6 Å². The number of H-pyrrole nitrogens is 1. The minimum atomic E-state index is 0.250. The Morgan fingerprint density at radius 3 is 3.00 bits per heavy atom. The van der Waals surface area contributed by atoms with E-state index < -0.39 is 0 Å². The summed E-state index contributed by atoms with van der Waals surface area (Å²) < 4.78 is 5.05. The van der Waals surface area contributed by atoms with E-state index in [9.17, 15) is 0 Å². The molecule has 8 nitrogen and oxygen atoms in total. The van der Waals surface area contributed by atoms with Crippen molar-refractivity contribution in [3.63, 3.8) is 0 Å². The van der Waals surface area contributed by atoms with Gasteiger partial charge in [0.1, 0.15) is 11.6 Å². The van der Waals surface area contributed by atoms with Gasteiger partial charge in [-0.15, -0.1) is 0 Å². The molecule has 0 unspecified atom stereocenters. The number of nitrogens with zero attached hydrogens (tertiary/aromatic N) is 5. The number of methoxy groups -OCH3 is 1. The second-order valence-corrected chi connectivity index (χ2v) is 4.52. The summed E-state index contributed by atoms with van der Waals surface area (Å²) in [5.74, 6) is 1.46. The maximum absolute atomic E-state index is 9.00. The highest BCUT2D eigenvalue weighted by Crippen LogP contribution is 2.15. The van der Waals surface area contributed by atoms with Crippen molar-refractivity contribution < 1.29 is 4.74 Å². The summed E-state index contributed by atoms with van der Waals surface area (Å²) in [6, 6.07) is 2.06. The van der Waals surface area contributed by atoms with Gasteiger partial charge >= 0.3 is 0 Å². The number of ether oxygens (including phenoxy) is 1. The van der Waals surface area contributed by atoms with Crippen molar-refractivity contribution in [1.82, 2.24) is 20.2 Å². The van der Waals surface area contributed by atoms with E-state index in [1.807, 2.05) is 11.9 Å². The van der Waals surface area contributed by atoms with Crippen molar-refractivity contribution in [2.75, 3.05) is 31.3 Å². The summed E-state index contributed by atoms with van der Waals surface area (Å²) in [7, 11) is 3.48. The molecule has 0 fully saturated rings. The maximum atomic E-state index is 9.00. The van der Waals surface area contributed by atoms with E-state index in [-0.39, 0.29) is 5.82 Å². The smallest absolute Gasteiger partial charge is 0.233 e. The first-order chi connectivity index (χ1) is 10.2. The first-order valence-electron chi connectivity index (χ1n) is 6.45. The summed E-state index contributed by atoms with van der Waals surface area (Å²) in [5.41, 5.74) is 6.79. The number of nitriles is 1. The van der Waals surface area contributed by atoms with Crippen LogP contribution in [0.15, 0.2) is 12.4 Å². The Balaban J connectivity index is 1.92. The molecule has 0 spiro atoms. The first-order valence-corrected chi connectivity index (χ1v) is 6.45. The highest BCUT2D eigenvalue weighted by Gasteiger charge is 2.10. The van der Waals surface area contributed by atoms with Crippen LogP contribution in [0.25, 0.3) is 0 Å². The van der Waals surface area contributed by atoms with E-state index in [2.05, 4.69) is 26.2 Å². The van der Waals surface area contributed by atoms with Gasteiger partial charge in [0, 0.05) is 13.6 Å². The highest BCUT2D eigenvalue weighted by molar-refractivity contribution is 5.50. The van der Waals surface area contributed by atoms with Crippen molar-refractivity contribution in [1.29, 1.82) is 5.26 Å². The van der Waals surface area contributed by atoms with Crippen molar-refractivity contribution in [3.8, 4) is 11.9 Å². The summed E-state index contributed by atoms with van der Waals surface area (Å²) in [5, 5.41) is 15.6. The number of nitrogens with one attached hydrogen (secondary N) is 1. The normalized spacial score (nSPS) is 10.1. The first kappa shape index (κ1) is 14.6. The molecule has 0 aromatic carbocycles. The summed E-state index contributed by atoms with van der Waals surface area (Å²) in [6.45, 7) is 0.756. The third-order valence-electron chi connectivity index (χ3n) is 3.10. The Hall–Kier alpha value is -2.82. The van der Waals surface area contributed by atoms with Crippen molar-refractivity contribution in [2.24, 2.45) is 0 Å². The zero-order valence-electron chi connectivity index (χ0n) is 12.0. The van der Waals surface area contributed by atoms with Gasteiger partial charge in [-0.3, -0.25) is 10.1 Å². The van der Waals surface area contributed by atoms with E-state index in [4.69, 9.17) is 15.7 Å². The molecule has 110 valence electrons. The largest absolute Gasteiger partial charge is 0.480 e. The predicted octanol–water partition coefficient (Wildman–Crippen LogP) is 0.731. The maximum Gasteiger partial charge on any atom is 0.233 e. The minimum Gasteiger partial charge on any atom is -0.480 e. The number of anilines is 2. The molecule has 21 heavy (non-hydrogen) atoms. The van der Waals surface area contributed by atoms with Crippen LogP contribution in [0, 0.1) is 11.3 Å². The van der Waals surface area contributed by atoms with Crippen LogP contribution in [0.1, 0.15) is 17.7 Å². The van der Waals surface area contributed by atoms with Crippen molar-refractivity contribution >= 4 is 11.6 Å². The molecule has 0 bridgehead atoms. The molecule has 0 saturated carbocycles. The molecule has 0 aliphatic carbocycles. The fourth-order valence-electron chi connectivity index (χ4n) is 1.93. The Labute approximate surface area is 122 Å². The van der Waals surface area contributed by atoms with Crippen LogP contribution in [-0.2, 0) is 6.42 Å². The van der Waals surface area contributed by atoms with E-state index >= 15 is 0 Å². The molecule has 2 rings (SSSR count). The molecule has 2 aromatic heterocycles. The number of hydrogen-bond acceptors (Lipinski definition) is 7. The van der Waals surface area contributed by atoms with Gasteiger partial charge in [-0.1, -0.05) is 0 Å². The monoisotopic (exact) mass is 287 g/mol. The summed E-state index contributed by atoms with van der Waals surface area (Å²) in [4.78, 5) is 10.3. The number of aromatic amines is 1. The van der Waals surface area contributed by atoms with Crippen molar-refractivity contribution in [2.45, 2.75) is 12.8 Å². The van der Waals surface area contributed by atoms with E-state index in [1.165, 1.54) is 0 Å². The van der Waals surface area contributed by atoms with Gasteiger partial charge in [-0.2, -0.15) is 15.3 Å². The van der Waals surface area contributed by atoms with Crippen LogP contribution in [0.5, 0.6) is 5.88 Å². The average Bonchev–Trinajstić information content (AvgIpc) is 2.87. The fourth-order valence-corrected chi connectivity index (χ4v) is 1.93. The number of aromatic nitrogens is 4. The summed E-state index contributed by atoms with van der Waals surface area (Å²) >= 11 is 0. The molecule has 8 heteroatoms. The van der Waals surface area contributed by atoms with Crippen LogP contribution in [0.2, 0.25) is 0 Å². The third-order valence-corrected chi connectivity index (χ3v) is 3.10. The lowest BCUT2D eigenvalue weighted by Gasteiger charge is -2.17. The molecule has 0 amide bonds. The topological polar surface area (TPSA) is 117 Å². The molecule has 0 saturated heterocycles. The van der Waals surface area contributed by atoms with Gasteiger partial charge < -0.3 is 15.4 Å². The number of rotatable bonds is 6. The van der Waals surface area contributed by atoms with Crippen LogP contribution >= 0.6 is 0 Å². The number of nitrogen functional groups attached to an aromatic ring is 1. The molecule has 0 atom stereocenters. The van der Waals surface area contributed by atoms with Gasteiger partial charge in [0.25, 0.3) is 0 Å². The Morgan fingerprint density at radius 1 is 1.48 bits per heavy atom. The standard InChI is InChI=1S/C13H17N7O/c1-20(11-7-16-8-12(17-11)21-2)5-3-4-10-9(6-14)13(15)19-18-10/h7-8H,3-5H2,1-2H3,(H3,15,18,19). The molecule has 2 heterocycles. The number of hydrogen-bond donors (Lipinski definition) is 2. The minimum absolute atomic E-state index is 0.250. The SMILES string of the molecule is COc1cncc(N(C)CCCc2[nH]nc(N)c2C#N)n1. The molecular formula is C13H17N7O. The van der Waals surface area contributed by atoms with Crippen LogP contribution in [-0.4, -0.2) is 40.9 Å². The zero-order valence-corrected chi connectivity index (χ0v) is 12.0. The lowest BCUT2D eigenvalue weighted by atomic mass is 10.1. The Kier molecular flexibility index (Phi) is 4.56. The van der Waals surface area contributed by atoms with Gasteiger partial charge in [0.2, 0.25) is 5.88 Å². The quantitative estimate of drug-likeness (QED) is 0.804. The van der Waals surface area contributed by atoms with Gasteiger partial charge in [-0.25, -0.2) is 0 Å². The Bertz CT molecular complexity index is 646. The third kappa shape index (κ3) is 3.39. The van der Waals surface area contributed by atoms with Gasteiger partial charge in [0.05, 0.1) is 25.2 Å².